The zero-order chi connectivity index (χ0) is 26.4. The highest BCUT2D eigenvalue weighted by atomic mass is 32.2. The Labute approximate surface area is 217 Å². The molecule has 0 saturated heterocycles. The number of carbonyl (C=O) groups is 1. The summed E-state index contributed by atoms with van der Waals surface area (Å²) in [5.74, 6) is 0.451. The second kappa shape index (κ2) is 11.7. The van der Waals surface area contributed by atoms with Crippen LogP contribution in [0.1, 0.15) is 18.1 Å². The van der Waals surface area contributed by atoms with Crippen LogP contribution in [0.3, 0.4) is 0 Å². The Morgan fingerprint density at radius 3 is 2.65 bits per heavy atom. The quantitative estimate of drug-likeness (QED) is 0.185. The molecule has 0 spiro atoms. The molecule has 0 fully saturated rings. The summed E-state index contributed by atoms with van der Waals surface area (Å²) >= 11 is 1.36. The number of aryl methyl sites for hydroxylation is 1. The second-order valence-corrected chi connectivity index (χ2v) is 8.61. The monoisotopic (exact) mass is 524 g/mol. The van der Waals surface area contributed by atoms with Crippen LogP contribution in [0.25, 0.3) is 11.0 Å². The van der Waals surface area contributed by atoms with E-state index < -0.39 is 11.7 Å². The molecule has 192 valence electrons. The number of hydrogen-bond donors (Lipinski definition) is 2. The lowest BCUT2D eigenvalue weighted by atomic mass is 10.2. The smallest absolute Gasteiger partial charge is 0.279 e. The van der Waals surface area contributed by atoms with E-state index in [-0.39, 0.29) is 12.4 Å². The van der Waals surface area contributed by atoms with Gasteiger partial charge in [-0.25, -0.2) is 9.37 Å². The second-order valence-electron chi connectivity index (χ2n) is 7.76. The first-order valence-corrected chi connectivity index (χ1v) is 12.1. The van der Waals surface area contributed by atoms with Gasteiger partial charge in [-0.3, -0.25) is 4.79 Å². The van der Waals surface area contributed by atoms with Gasteiger partial charge in [0.15, 0.2) is 17.2 Å². The molecule has 0 radical (unpaired) electrons. The van der Waals surface area contributed by atoms with Gasteiger partial charge in [-0.15, -0.1) is 0 Å². The highest BCUT2D eigenvalue weighted by molar-refractivity contribution is 8.00. The highest BCUT2D eigenvalue weighted by Crippen LogP contribution is 2.39. The Balaban J connectivity index is 1.53. The number of rotatable bonds is 11. The fourth-order valence-corrected chi connectivity index (χ4v) is 4.25. The third-order valence-corrected chi connectivity index (χ3v) is 6.18. The van der Waals surface area contributed by atoms with E-state index in [9.17, 15) is 9.18 Å². The molecule has 2 aromatic heterocycles. The number of pyridine rings is 1. The van der Waals surface area contributed by atoms with Crippen LogP contribution in [-0.4, -0.2) is 30.3 Å². The predicted octanol–water partition coefficient (Wildman–Crippen LogP) is 5.81. The molecule has 2 heterocycles. The summed E-state index contributed by atoms with van der Waals surface area (Å²) in [4.78, 5) is 16.5. The lowest BCUT2D eigenvalue weighted by Gasteiger charge is -2.11. The zero-order valence-electron chi connectivity index (χ0n) is 20.5. The van der Waals surface area contributed by atoms with Crippen molar-refractivity contribution in [2.45, 2.75) is 24.8 Å². The van der Waals surface area contributed by atoms with E-state index in [1.54, 1.807) is 31.4 Å². The average molecular weight is 525 g/mol. The van der Waals surface area contributed by atoms with Crippen LogP contribution in [0.15, 0.2) is 70.5 Å². The van der Waals surface area contributed by atoms with Gasteiger partial charge in [0.1, 0.15) is 22.6 Å². The Bertz CT molecular complexity index is 1440. The number of anilines is 1. The number of aromatic nitrogens is 2. The van der Waals surface area contributed by atoms with Crippen molar-refractivity contribution < 1.29 is 27.9 Å². The molecule has 0 unspecified atom stereocenters. The topological polar surface area (TPSA) is 108 Å². The van der Waals surface area contributed by atoms with Crippen LogP contribution in [0.2, 0.25) is 0 Å². The van der Waals surface area contributed by atoms with Crippen LogP contribution in [-0.2, 0) is 17.8 Å². The van der Waals surface area contributed by atoms with E-state index in [0.717, 1.165) is 17.1 Å². The number of hydrogen-bond acceptors (Lipinski definition) is 9. The zero-order valence-corrected chi connectivity index (χ0v) is 21.3. The Morgan fingerprint density at radius 2 is 1.92 bits per heavy atom. The van der Waals surface area contributed by atoms with Gasteiger partial charge in [0.05, 0.1) is 19.1 Å². The molecule has 0 aliphatic carbocycles. The van der Waals surface area contributed by atoms with Gasteiger partial charge < -0.3 is 28.8 Å². The first-order valence-electron chi connectivity index (χ1n) is 11.2. The largest absolute Gasteiger partial charge is 0.496 e. The number of benzene rings is 2. The lowest BCUT2D eigenvalue weighted by molar-refractivity contribution is -0.119. The van der Waals surface area contributed by atoms with E-state index in [4.69, 9.17) is 18.7 Å². The number of nitrogens with zero attached hydrogens (tertiary/aromatic N) is 2. The first-order chi connectivity index (χ1) is 17.9. The fourth-order valence-electron chi connectivity index (χ4n) is 3.44. The molecule has 0 saturated carbocycles. The normalized spacial score (nSPS) is 10.7. The van der Waals surface area contributed by atoms with Gasteiger partial charge in [-0.1, -0.05) is 24.7 Å². The van der Waals surface area contributed by atoms with Crippen LogP contribution in [0, 0.1) is 0 Å². The number of ether oxygens (including phenoxy) is 3. The third kappa shape index (κ3) is 6.12. The molecule has 0 atom stereocenters. The van der Waals surface area contributed by atoms with Gasteiger partial charge in [0, 0.05) is 30.9 Å². The molecule has 4 aromatic rings. The highest BCUT2D eigenvalue weighted by Gasteiger charge is 2.18. The molecular formula is C26H25FN4O5S. The fraction of sp³-hybridized carbons (Fsp3) is 0.192. The van der Waals surface area contributed by atoms with Gasteiger partial charge in [0.25, 0.3) is 5.91 Å². The molecule has 2 N–H and O–H groups in total. The molecule has 2 aromatic carbocycles. The summed E-state index contributed by atoms with van der Waals surface area (Å²) in [7, 11) is 3.17. The molecule has 9 nitrogen and oxygen atoms in total. The van der Waals surface area contributed by atoms with E-state index >= 15 is 0 Å². The van der Waals surface area contributed by atoms with Crippen molar-refractivity contribution in [3.05, 3.63) is 72.2 Å². The molecule has 0 aliphatic heterocycles. The summed E-state index contributed by atoms with van der Waals surface area (Å²) in [6, 6.07) is 12.7. The van der Waals surface area contributed by atoms with Crippen molar-refractivity contribution in [2.24, 2.45) is 0 Å². The van der Waals surface area contributed by atoms with Crippen LogP contribution < -0.4 is 24.2 Å². The number of carbonyl (C=O) groups excluding carboxylic acids is 1. The minimum atomic E-state index is -1.06. The maximum atomic E-state index is 12.9. The molecule has 0 bridgehead atoms. The van der Waals surface area contributed by atoms with Gasteiger partial charge in [0.2, 0.25) is 5.88 Å². The Hall–Kier alpha value is -4.25. The number of fused-ring (bicyclic) bond motifs is 1. The summed E-state index contributed by atoms with van der Waals surface area (Å²) in [6.07, 6.45) is 2.42. The molecule has 4 rings (SSSR count). The van der Waals surface area contributed by atoms with E-state index in [0.29, 0.717) is 33.8 Å². The summed E-state index contributed by atoms with van der Waals surface area (Å²) < 4.78 is 38.6. The Kier molecular flexibility index (Phi) is 8.14. The van der Waals surface area contributed by atoms with Crippen molar-refractivity contribution in [3.8, 4) is 23.1 Å². The van der Waals surface area contributed by atoms with Gasteiger partial charge in [-0.05, 0) is 47.7 Å². The van der Waals surface area contributed by atoms with Crippen LogP contribution >= 0.6 is 11.9 Å². The SMILES string of the molecule is C=C(F)C(=O)NCc1ccnc(Oc2cc(OC)c3c(NSc4cc(CC)ccc4OC)noc3c2)c1. The van der Waals surface area contributed by atoms with Crippen molar-refractivity contribution >= 4 is 34.6 Å². The van der Waals surface area contributed by atoms with Crippen molar-refractivity contribution in [1.82, 2.24) is 15.5 Å². The summed E-state index contributed by atoms with van der Waals surface area (Å²) in [5, 5.41) is 7.21. The number of amides is 1. The maximum Gasteiger partial charge on any atom is 0.279 e. The standard InChI is InChI=1S/C26H25FN4O5S/c1-5-16-6-7-19(33-3)22(10-16)37-31-25-24-20(34-4)12-18(13-21(24)36-30-25)35-23-11-17(8-9-28-23)14-29-26(32)15(2)27/h6-13H,2,5,14H2,1,3-4H3,(H,29,32)(H,30,31). The van der Waals surface area contributed by atoms with Crippen molar-refractivity contribution in [2.75, 3.05) is 18.9 Å². The maximum absolute atomic E-state index is 12.9. The van der Waals surface area contributed by atoms with E-state index in [1.807, 2.05) is 12.1 Å². The summed E-state index contributed by atoms with van der Waals surface area (Å²) in [5.41, 5.74) is 2.29. The van der Waals surface area contributed by atoms with E-state index in [1.165, 1.54) is 30.8 Å². The van der Waals surface area contributed by atoms with Gasteiger partial charge >= 0.3 is 0 Å². The predicted molar refractivity (Wildman–Crippen MR) is 139 cm³/mol. The molecule has 1 amide bonds. The van der Waals surface area contributed by atoms with Crippen LogP contribution in [0.4, 0.5) is 10.2 Å². The van der Waals surface area contributed by atoms with Gasteiger partial charge in [-0.2, -0.15) is 0 Å². The molecular weight excluding hydrogens is 499 g/mol. The summed E-state index contributed by atoms with van der Waals surface area (Å²) in [6.45, 7) is 5.15. The minimum absolute atomic E-state index is 0.0871. The number of methoxy groups -OCH3 is 2. The molecule has 11 heteroatoms. The van der Waals surface area contributed by atoms with Crippen molar-refractivity contribution in [3.63, 3.8) is 0 Å². The average Bonchev–Trinajstić information content (AvgIpc) is 3.32. The molecule has 37 heavy (non-hydrogen) atoms. The van der Waals surface area contributed by atoms with Crippen LogP contribution in [0.5, 0.6) is 23.1 Å². The Morgan fingerprint density at radius 1 is 1.11 bits per heavy atom. The number of halogens is 1. The number of nitrogens with one attached hydrogen (secondary N) is 2. The minimum Gasteiger partial charge on any atom is -0.496 e. The van der Waals surface area contributed by atoms with Crippen molar-refractivity contribution in [1.29, 1.82) is 0 Å². The molecule has 0 aliphatic rings. The first kappa shape index (κ1) is 25.8. The third-order valence-electron chi connectivity index (χ3n) is 5.35. The lowest BCUT2D eigenvalue weighted by Crippen LogP contribution is -2.22. The van der Waals surface area contributed by atoms with E-state index in [2.05, 4.69) is 39.7 Å².